The molecule has 0 unspecified atom stereocenters. The molecule has 0 radical (unpaired) electrons. The molecular weight excluding hydrogens is 405 g/mol. The Morgan fingerprint density at radius 3 is 2.41 bits per heavy atom. The van der Waals surface area contributed by atoms with Crippen LogP contribution >= 0.6 is 35.0 Å². The van der Waals surface area contributed by atoms with Crippen molar-refractivity contribution in [3.8, 4) is 17.2 Å². The molecule has 0 fully saturated rings. The van der Waals surface area contributed by atoms with Crippen LogP contribution in [0.2, 0.25) is 10.0 Å². The average molecular weight is 420 g/mol. The number of aromatic hydroxyl groups is 1. The molecule has 0 saturated carbocycles. The fourth-order valence-corrected chi connectivity index (χ4v) is 3.10. The molecule has 0 atom stereocenters. The van der Waals surface area contributed by atoms with Crippen molar-refractivity contribution in [1.82, 2.24) is 0 Å². The molecule has 0 heterocycles. The molecule has 2 N–H and O–H groups in total. The molecule has 3 aromatic rings. The fourth-order valence-electron chi connectivity index (χ4n) is 2.32. The highest BCUT2D eigenvalue weighted by Gasteiger charge is 2.13. The molecule has 27 heavy (non-hydrogen) atoms. The number of halogens is 2. The minimum absolute atomic E-state index is 0.0758. The molecule has 0 saturated heterocycles. The zero-order valence-corrected chi connectivity index (χ0v) is 16.5. The lowest BCUT2D eigenvalue weighted by Crippen LogP contribution is -2.12. The number of anilines is 1. The van der Waals surface area contributed by atoms with Gasteiger partial charge in [-0.15, -0.1) is 11.8 Å². The number of thioether (sulfide) groups is 1. The van der Waals surface area contributed by atoms with Crippen molar-refractivity contribution in [3.05, 3.63) is 76.3 Å². The summed E-state index contributed by atoms with van der Waals surface area (Å²) in [5, 5.41) is 13.7. The number of carbonyl (C=O) groups is 1. The van der Waals surface area contributed by atoms with Gasteiger partial charge in [-0.05, 0) is 66.9 Å². The second-order valence-electron chi connectivity index (χ2n) is 5.54. The Morgan fingerprint density at radius 2 is 1.78 bits per heavy atom. The van der Waals surface area contributed by atoms with Crippen molar-refractivity contribution in [1.29, 1.82) is 0 Å². The van der Waals surface area contributed by atoms with Gasteiger partial charge in [-0.3, -0.25) is 4.79 Å². The van der Waals surface area contributed by atoms with Crippen molar-refractivity contribution in [2.45, 2.75) is 4.90 Å². The standard InChI is InChI=1S/C20H15Cl2NO3S/c1-27-15-7-8-16(18(24)11-15)20(25)23-13-4-9-19(17(22)10-13)26-14-5-2-12(21)3-6-14/h2-11,24H,1H3,(H,23,25). The van der Waals surface area contributed by atoms with Crippen molar-refractivity contribution in [2.24, 2.45) is 0 Å². The number of phenolic OH excluding ortho intramolecular Hbond substituents is 1. The van der Waals surface area contributed by atoms with E-state index in [0.29, 0.717) is 27.2 Å². The Balaban J connectivity index is 1.73. The van der Waals surface area contributed by atoms with Crippen LogP contribution in [-0.4, -0.2) is 17.3 Å². The summed E-state index contributed by atoms with van der Waals surface area (Å²) in [4.78, 5) is 13.3. The summed E-state index contributed by atoms with van der Waals surface area (Å²) in [5.74, 6) is 0.539. The predicted molar refractivity (Wildman–Crippen MR) is 111 cm³/mol. The Morgan fingerprint density at radius 1 is 1.04 bits per heavy atom. The Bertz CT molecular complexity index is 977. The first-order chi connectivity index (χ1) is 13.0. The van der Waals surface area contributed by atoms with Crippen LogP contribution in [0, 0.1) is 0 Å². The molecule has 0 bridgehead atoms. The third-order valence-corrected chi connectivity index (χ3v) is 4.95. The van der Waals surface area contributed by atoms with Gasteiger partial charge in [0.25, 0.3) is 5.91 Å². The number of carbonyl (C=O) groups excluding carboxylic acids is 1. The molecule has 0 aliphatic rings. The van der Waals surface area contributed by atoms with Gasteiger partial charge in [0.15, 0.2) is 0 Å². The van der Waals surface area contributed by atoms with Gasteiger partial charge in [0.1, 0.15) is 17.2 Å². The number of phenols is 1. The van der Waals surface area contributed by atoms with Crippen molar-refractivity contribution in [2.75, 3.05) is 11.6 Å². The molecule has 0 aromatic heterocycles. The number of amides is 1. The SMILES string of the molecule is CSc1ccc(C(=O)Nc2ccc(Oc3ccc(Cl)cc3)c(Cl)c2)c(O)c1. The van der Waals surface area contributed by atoms with Crippen molar-refractivity contribution < 1.29 is 14.6 Å². The smallest absolute Gasteiger partial charge is 0.259 e. The molecule has 4 nitrogen and oxygen atoms in total. The maximum atomic E-state index is 12.4. The normalized spacial score (nSPS) is 10.5. The Kier molecular flexibility index (Phi) is 6.16. The van der Waals surface area contributed by atoms with Gasteiger partial charge in [0.05, 0.1) is 10.6 Å². The quantitative estimate of drug-likeness (QED) is 0.465. The lowest BCUT2D eigenvalue weighted by molar-refractivity contribution is 0.102. The molecule has 7 heteroatoms. The van der Waals surface area contributed by atoms with Gasteiger partial charge in [0.2, 0.25) is 0 Å². The van der Waals surface area contributed by atoms with Gasteiger partial charge in [-0.1, -0.05) is 23.2 Å². The summed E-state index contributed by atoms with van der Waals surface area (Å²) >= 11 is 13.6. The third kappa shape index (κ3) is 4.89. The van der Waals surface area contributed by atoms with Crippen LogP contribution < -0.4 is 10.1 Å². The van der Waals surface area contributed by atoms with E-state index in [-0.39, 0.29) is 11.3 Å². The van der Waals surface area contributed by atoms with E-state index >= 15 is 0 Å². The van der Waals surface area contributed by atoms with Gasteiger partial charge in [-0.25, -0.2) is 0 Å². The molecule has 3 aromatic carbocycles. The van der Waals surface area contributed by atoms with Crippen molar-refractivity contribution >= 4 is 46.6 Å². The van der Waals surface area contributed by atoms with Crippen LogP contribution in [0.15, 0.2) is 65.6 Å². The first-order valence-corrected chi connectivity index (χ1v) is 9.85. The van der Waals surface area contributed by atoms with Gasteiger partial charge in [0, 0.05) is 15.6 Å². The first-order valence-electron chi connectivity index (χ1n) is 7.87. The number of hydrogen-bond donors (Lipinski definition) is 2. The average Bonchev–Trinajstić information content (AvgIpc) is 2.65. The van der Waals surface area contributed by atoms with Crippen LogP contribution in [0.25, 0.3) is 0 Å². The molecule has 0 aliphatic carbocycles. The molecular formula is C20H15Cl2NO3S. The highest BCUT2D eigenvalue weighted by Crippen LogP contribution is 2.32. The zero-order chi connectivity index (χ0) is 19.4. The highest BCUT2D eigenvalue weighted by atomic mass is 35.5. The predicted octanol–water partition coefficient (Wildman–Crippen LogP) is 6.47. The summed E-state index contributed by atoms with van der Waals surface area (Å²) in [6.45, 7) is 0. The molecule has 3 rings (SSSR count). The Labute approximate surface area is 171 Å². The van der Waals surface area contributed by atoms with Crippen LogP contribution in [0.5, 0.6) is 17.2 Å². The van der Waals surface area contributed by atoms with Crippen molar-refractivity contribution in [3.63, 3.8) is 0 Å². The summed E-state index contributed by atoms with van der Waals surface area (Å²) in [6, 6.07) is 16.7. The summed E-state index contributed by atoms with van der Waals surface area (Å²) in [5.41, 5.74) is 0.673. The lowest BCUT2D eigenvalue weighted by Gasteiger charge is -2.11. The van der Waals surface area contributed by atoms with E-state index in [1.54, 1.807) is 60.7 Å². The lowest BCUT2D eigenvalue weighted by atomic mass is 10.2. The van der Waals surface area contributed by atoms with E-state index in [2.05, 4.69) is 5.32 Å². The van der Waals surface area contributed by atoms with Crippen LogP contribution in [0.3, 0.4) is 0 Å². The van der Waals surface area contributed by atoms with E-state index in [0.717, 1.165) is 4.90 Å². The summed E-state index contributed by atoms with van der Waals surface area (Å²) < 4.78 is 5.71. The second kappa shape index (κ2) is 8.57. The van der Waals surface area contributed by atoms with Crippen LogP contribution in [0.1, 0.15) is 10.4 Å². The third-order valence-electron chi connectivity index (χ3n) is 3.68. The maximum absolute atomic E-state index is 12.4. The molecule has 138 valence electrons. The van der Waals surface area contributed by atoms with Gasteiger partial charge < -0.3 is 15.2 Å². The minimum Gasteiger partial charge on any atom is -0.507 e. The summed E-state index contributed by atoms with van der Waals surface area (Å²) in [7, 11) is 0. The van der Waals surface area contributed by atoms with E-state index in [9.17, 15) is 9.90 Å². The number of ether oxygens (including phenoxy) is 1. The monoisotopic (exact) mass is 419 g/mol. The van der Waals surface area contributed by atoms with Crippen LogP contribution in [0.4, 0.5) is 5.69 Å². The number of hydrogen-bond acceptors (Lipinski definition) is 4. The van der Waals surface area contributed by atoms with E-state index in [1.165, 1.54) is 11.8 Å². The second-order valence-corrected chi connectivity index (χ2v) is 7.26. The number of rotatable bonds is 5. The zero-order valence-electron chi connectivity index (χ0n) is 14.2. The highest BCUT2D eigenvalue weighted by molar-refractivity contribution is 7.98. The van der Waals surface area contributed by atoms with Crippen LogP contribution in [-0.2, 0) is 0 Å². The minimum atomic E-state index is -0.428. The number of nitrogens with one attached hydrogen (secondary N) is 1. The van der Waals surface area contributed by atoms with E-state index < -0.39 is 5.91 Å². The Hall–Kier alpha value is -2.34. The molecule has 0 spiro atoms. The van der Waals surface area contributed by atoms with Gasteiger partial charge in [-0.2, -0.15) is 0 Å². The summed E-state index contributed by atoms with van der Waals surface area (Å²) in [6.07, 6.45) is 1.89. The van der Waals surface area contributed by atoms with Gasteiger partial charge >= 0.3 is 0 Å². The maximum Gasteiger partial charge on any atom is 0.259 e. The first kappa shape index (κ1) is 19.4. The fraction of sp³-hybridized carbons (Fsp3) is 0.0500. The number of benzene rings is 3. The van der Waals surface area contributed by atoms with E-state index in [1.807, 2.05) is 6.26 Å². The van der Waals surface area contributed by atoms with E-state index in [4.69, 9.17) is 27.9 Å². The topological polar surface area (TPSA) is 58.6 Å². The molecule has 0 aliphatic heterocycles. The molecule has 1 amide bonds. The largest absolute Gasteiger partial charge is 0.507 e.